The van der Waals surface area contributed by atoms with Gasteiger partial charge >= 0.3 is 0 Å². The van der Waals surface area contributed by atoms with Crippen LogP contribution in [-0.4, -0.2) is 20.6 Å². The van der Waals surface area contributed by atoms with Crippen molar-refractivity contribution in [1.29, 1.82) is 0 Å². The van der Waals surface area contributed by atoms with E-state index in [2.05, 4.69) is 4.98 Å². The first kappa shape index (κ1) is 16.7. The van der Waals surface area contributed by atoms with E-state index in [1.165, 1.54) is 4.57 Å². The molecule has 0 aliphatic rings. The number of rotatable bonds is 6. The lowest BCUT2D eigenvalue weighted by molar-refractivity contribution is -0.305. The van der Waals surface area contributed by atoms with Gasteiger partial charge in [-0.05, 0) is 49.9 Å². The van der Waals surface area contributed by atoms with Gasteiger partial charge in [-0.1, -0.05) is 18.2 Å². The standard InChI is InChI=1S/C19H18N2O4/c22-16(23)11-5-4-9-15-17(24)14-10-6-12-20-18(14)21(19(15)25)13-7-2-1-3-8-13/h1-3,6-8,10,12,24H,4-5,9,11H2,(H,22,23)/p-1. The van der Waals surface area contributed by atoms with Crippen LogP contribution in [0.2, 0.25) is 0 Å². The van der Waals surface area contributed by atoms with Gasteiger partial charge in [0.05, 0.1) is 16.6 Å². The first-order valence-corrected chi connectivity index (χ1v) is 8.06. The van der Waals surface area contributed by atoms with Crippen molar-refractivity contribution in [3.8, 4) is 11.4 Å². The highest BCUT2D eigenvalue weighted by Crippen LogP contribution is 2.27. The molecule has 0 aliphatic heterocycles. The lowest BCUT2D eigenvalue weighted by Gasteiger charge is -2.14. The highest BCUT2D eigenvalue weighted by molar-refractivity contribution is 5.84. The second-order valence-corrected chi connectivity index (χ2v) is 5.76. The summed E-state index contributed by atoms with van der Waals surface area (Å²) in [4.78, 5) is 27.7. The van der Waals surface area contributed by atoms with Crippen LogP contribution in [-0.2, 0) is 11.2 Å². The third kappa shape index (κ3) is 3.38. The number of hydrogen-bond donors (Lipinski definition) is 1. The molecule has 0 aliphatic carbocycles. The average molecular weight is 337 g/mol. The van der Waals surface area contributed by atoms with E-state index in [1.807, 2.05) is 18.2 Å². The van der Waals surface area contributed by atoms with E-state index in [0.717, 1.165) is 0 Å². The van der Waals surface area contributed by atoms with E-state index < -0.39 is 5.97 Å². The molecular formula is C19H17N2O4-. The molecule has 0 atom stereocenters. The number of aromatic hydroxyl groups is 1. The molecule has 0 amide bonds. The summed E-state index contributed by atoms with van der Waals surface area (Å²) in [5.74, 6) is -1.21. The normalized spacial score (nSPS) is 10.9. The van der Waals surface area contributed by atoms with Gasteiger partial charge in [-0.15, -0.1) is 0 Å². The maximum Gasteiger partial charge on any atom is 0.263 e. The van der Waals surface area contributed by atoms with Crippen LogP contribution in [0.25, 0.3) is 16.7 Å². The lowest BCUT2D eigenvalue weighted by atomic mass is 10.0. The number of para-hydroxylation sites is 1. The van der Waals surface area contributed by atoms with Crippen molar-refractivity contribution >= 4 is 17.0 Å². The van der Waals surface area contributed by atoms with Crippen molar-refractivity contribution < 1.29 is 15.0 Å². The van der Waals surface area contributed by atoms with Crippen molar-refractivity contribution in [1.82, 2.24) is 9.55 Å². The number of unbranched alkanes of at least 4 members (excludes halogenated alkanes) is 1. The van der Waals surface area contributed by atoms with Crippen molar-refractivity contribution in [3.05, 3.63) is 64.6 Å². The SMILES string of the molecule is O=C([O-])CCCCc1c(O)c2cccnc2n(-c2ccccc2)c1=O. The van der Waals surface area contributed by atoms with Gasteiger partial charge in [0.15, 0.2) is 5.65 Å². The van der Waals surface area contributed by atoms with Gasteiger partial charge in [-0.3, -0.25) is 9.36 Å². The third-order valence-electron chi connectivity index (χ3n) is 4.07. The van der Waals surface area contributed by atoms with Crippen molar-refractivity contribution in [3.63, 3.8) is 0 Å². The summed E-state index contributed by atoms with van der Waals surface area (Å²) in [6.45, 7) is 0. The maximum atomic E-state index is 13.0. The summed E-state index contributed by atoms with van der Waals surface area (Å²) in [6, 6.07) is 12.5. The molecule has 0 fully saturated rings. The number of aliphatic carboxylic acids is 1. The number of aromatic nitrogens is 2. The maximum absolute atomic E-state index is 13.0. The van der Waals surface area contributed by atoms with E-state index in [4.69, 9.17) is 0 Å². The summed E-state index contributed by atoms with van der Waals surface area (Å²) in [7, 11) is 0. The Hall–Kier alpha value is -3.15. The Morgan fingerprint density at radius 2 is 1.88 bits per heavy atom. The van der Waals surface area contributed by atoms with Crippen LogP contribution >= 0.6 is 0 Å². The number of nitrogens with zero attached hydrogens (tertiary/aromatic N) is 2. The Morgan fingerprint density at radius 1 is 1.12 bits per heavy atom. The van der Waals surface area contributed by atoms with Crippen LogP contribution in [0.5, 0.6) is 5.75 Å². The van der Waals surface area contributed by atoms with Gasteiger partial charge in [0.1, 0.15) is 5.75 Å². The van der Waals surface area contributed by atoms with E-state index in [-0.39, 0.29) is 29.7 Å². The Bertz CT molecular complexity index is 964. The molecule has 6 nitrogen and oxygen atoms in total. The molecule has 0 saturated heterocycles. The number of benzene rings is 1. The fourth-order valence-corrected chi connectivity index (χ4v) is 2.87. The minimum absolute atomic E-state index is 0.0667. The topological polar surface area (TPSA) is 95.2 Å². The van der Waals surface area contributed by atoms with Gasteiger partial charge in [-0.2, -0.15) is 0 Å². The molecule has 1 aromatic carbocycles. The molecule has 0 unspecified atom stereocenters. The van der Waals surface area contributed by atoms with Crippen LogP contribution < -0.4 is 10.7 Å². The van der Waals surface area contributed by atoms with Crippen LogP contribution in [0, 0.1) is 0 Å². The fourth-order valence-electron chi connectivity index (χ4n) is 2.87. The monoisotopic (exact) mass is 337 g/mol. The zero-order chi connectivity index (χ0) is 17.8. The number of carbonyl (C=O) groups excluding carboxylic acids is 1. The lowest BCUT2D eigenvalue weighted by Crippen LogP contribution is -2.24. The molecule has 0 spiro atoms. The van der Waals surface area contributed by atoms with Gasteiger partial charge in [-0.25, -0.2) is 4.98 Å². The number of fused-ring (bicyclic) bond motifs is 1. The Labute approximate surface area is 144 Å². The zero-order valence-electron chi connectivity index (χ0n) is 13.5. The Morgan fingerprint density at radius 3 is 2.60 bits per heavy atom. The van der Waals surface area contributed by atoms with Crippen molar-refractivity contribution in [2.45, 2.75) is 25.7 Å². The second kappa shape index (κ2) is 7.17. The molecular weight excluding hydrogens is 320 g/mol. The fraction of sp³-hybridized carbons (Fsp3) is 0.211. The number of carboxylic acids is 1. The molecule has 0 saturated carbocycles. The van der Waals surface area contributed by atoms with E-state index in [1.54, 1.807) is 30.5 Å². The predicted molar refractivity (Wildman–Crippen MR) is 91.6 cm³/mol. The second-order valence-electron chi connectivity index (χ2n) is 5.76. The van der Waals surface area contributed by atoms with Gasteiger partial charge in [0.25, 0.3) is 5.56 Å². The van der Waals surface area contributed by atoms with Crippen molar-refractivity contribution in [2.75, 3.05) is 0 Å². The Kier molecular flexibility index (Phi) is 4.79. The van der Waals surface area contributed by atoms with Crippen molar-refractivity contribution in [2.24, 2.45) is 0 Å². The van der Waals surface area contributed by atoms with Crippen LogP contribution in [0.3, 0.4) is 0 Å². The largest absolute Gasteiger partial charge is 0.550 e. The number of hydrogen-bond acceptors (Lipinski definition) is 5. The van der Waals surface area contributed by atoms with Crippen LogP contribution in [0.15, 0.2) is 53.5 Å². The minimum atomic E-state index is -1.12. The molecule has 0 radical (unpaired) electrons. The molecule has 2 aromatic heterocycles. The van der Waals surface area contributed by atoms with E-state index >= 15 is 0 Å². The number of pyridine rings is 2. The molecule has 3 aromatic rings. The molecule has 6 heteroatoms. The van der Waals surface area contributed by atoms with Gasteiger partial charge < -0.3 is 15.0 Å². The smallest absolute Gasteiger partial charge is 0.263 e. The summed E-state index contributed by atoms with van der Waals surface area (Å²) in [6.07, 6.45) is 2.65. The number of carbonyl (C=O) groups is 1. The summed E-state index contributed by atoms with van der Waals surface area (Å²) in [5, 5.41) is 21.5. The average Bonchev–Trinajstić information content (AvgIpc) is 2.62. The van der Waals surface area contributed by atoms with Crippen LogP contribution in [0.4, 0.5) is 0 Å². The first-order chi connectivity index (χ1) is 12.1. The molecule has 1 N–H and O–H groups in total. The third-order valence-corrected chi connectivity index (χ3v) is 4.07. The molecule has 3 rings (SSSR count). The minimum Gasteiger partial charge on any atom is -0.550 e. The van der Waals surface area contributed by atoms with Gasteiger partial charge in [0, 0.05) is 12.2 Å². The molecule has 0 bridgehead atoms. The molecule has 2 heterocycles. The number of carboxylic acid groups (broad SMARTS) is 1. The van der Waals surface area contributed by atoms with Gasteiger partial charge in [0.2, 0.25) is 0 Å². The Balaban J connectivity index is 2.11. The highest BCUT2D eigenvalue weighted by atomic mass is 16.4. The predicted octanol–water partition coefficient (Wildman–Crippen LogP) is 1.55. The quantitative estimate of drug-likeness (QED) is 0.689. The van der Waals surface area contributed by atoms with E-state index in [9.17, 15) is 19.8 Å². The molecule has 128 valence electrons. The molecule has 25 heavy (non-hydrogen) atoms. The summed E-state index contributed by atoms with van der Waals surface area (Å²) in [5.41, 5.74) is 0.966. The summed E-state index contributed by atoms with van der Waals surface area (Å²) >= 11 is 0. The van der Waals surface area contributed by atoms with Crippen LogP contribution in [0.1, 0.15) is 24.8 Å². The highest BCUT2D eigenvalue weighted by Gasteiger charge is 2.17. The summed E-state index contributed by atoms with van der Waals surface area (Å²) < 4.78 is 1.48. The van der Waals surface area contributed by atoms with E-state index in [0.29, 0.717) is 29.6 Å². The zero-order valence-corrected chi connectivity index (χ0v) is 13.5. The first-order valence-electron chi connectivity index (χ1n) is 8.06.